The number of hydrogen-bond acceptors (Lipinski definition) is 6. The summed E-state index contributed by atoms with van der Waals surface area (Å²) in [6.07, 6.45) is 1.54. The normalized spacial score (nSPS) is 11.2. The summed E-state index contributed by atoms with van der Waals surface area (Å²) < 4.78 is 86.1. The average Bonchev–Trinajstić information content (AvgIpc) is 3.66. The summed E-state index contributed by atoms with van der Waals surface area (Å²) in [4.78, 5) is 22.3. The van der Waals surface area contributed by atoms with Crippen LogP contribution in [0.2, 0.25) is 0 Å². The zero-order valence-electron chi connectivity index (χ0n) is 21.9. The molecule has 216 valence electrons. The molecule has 0 N–H and O–H groups in total. The summed E-state index contributed by atoms with van der Waals surface area (Å²) >= 11 is 0. The molecule has 0 bridgehead atoms. The van der Waals surface area contributed by atoms with Crippen molar-refractivity contribution in [3.63, 3.8) is 0 Å². The van der Waals surface area contributed by atoms with Crippen LogP contribution in [0.4, 0.5) is 26.7 Å². The second-order valence-electron chi connectivity index (χ2n) is 9.27. The molecule has 3 aromatic heterocycles. The highest BCUT2D eigenvalue weighted by Gasteiger charge is 2.30. The van der Waals surface area contributed by atoms with Gasteiger partial charge < -0.3 is 13.9 Å². The molecule has 6 rings (SSSR count). The Hall–Kier alpha value is -5.52. The molecule has 0 amide bonds. The molecule has 0 saturated carbocycles. The molecule has 0 unspecified atom stereocenters. The average molecular weight is 591 g/mol. The highest BCUT2D eigenvalue weighted by Crippen LogP contribution is 2.32. The maximum absolute atomic E-state index is 14.2. The lowest BCUT2D eigenvalue weighted by atomic mass is 10.1. The summed E-state index contributed by atoms with van der Waals surface area (Å²) in [7, 11) is 0. The number of fused-ring (bicyclic) bond motifs is 1. The van der Waals surface area contributed by atoms with Crippen LogP contribution in [0, 0.1) is 29.1 Å². The summed E-state index contributed by atoms with van der Waals surface area (Å²) in [5.74, 6) is -13.2. The Balaban J connectivity index is 1.48. The van der Waals surface area contributed by atoms with Gasteiger partial charge in [0.05, 0.1) is 24.1 Å². The number of benzene rings is 3. The van der Waals surface area contributed by atoms with Gasteiger partial charge in [0.25, 0.3) is 0 Å². The van der Waals surface area contributed by atoms with Crippen LogP contribution in [0.25, 0.3) is 16.9 Å². The van der Waals surface area contributed by atoms with Crippen molar-refractivity contribution in [1.82, 2.24) is 14.4 Å². The van der Waals surface area contributed by atoms with Gasteiger partial charge in [0, 0.05) is 18.2 Å². The van der Waals surface area contributed by atoms with Crippen molar-refractivity contribution in [3.05, 3.63) is 137 Å². The third-order valence-corrected chi connectivity index (χ3v) is 6.44. The number of furan rings is 1. The quantitative estimate of drug-likeness (QED) is 0.0631. The molecule has 7 nitrogen and oxygen atoms in total. The number of rotatable bonds is 7. The fourth-order valence-electron chi connectivity index (χ4n) is 4.45. The van der Waals surface area contributed by atoms with Crippen LogP contribution >= 0.6 is 0 Å². The second-order valence-corrected chi connectivity index (χ2v) is 9.27. The summed E-state index contributed by atoms with van der Waals surface area (Å²) in [5, 5.41) is 0. The van der Waals surface area contributed by atoms with E-state index in [1.807, 2.05) is 60.7 Å². The zero-order valence-corrected chi connectivity index (χ0v) is 21.9. The van der Waals surface area contributed by atoms with Gasteiger partial charge in [0.15, 0.2) is 5.65 Å². The SMILES string of the molecule is O=C(Oc1c(F)c(F)c(F)c(F)c1F)Oc1c(Cc2ccco2)nc2c(Cc3ccccc3)nc(-c3ccccc3)cn12. The minimum atomic E-state index is -2.40. The first-order valence-corrected chi connectivity index (χ1v) is 12.7. The standard InChI is InChI=1S/C31H18F5N3O4/c32-23-24(33)26(35)28(27(36)25(23)34)42-31(40)43-30-21(15-19-12-7-13-41-19)38-29-20(14-17-8-3-1-4-9-17)37-22(16-39(29)30)18-10-5-2-6-11-18/h1-13,16H,14-15H2. The van der Waals surface area contributed by atoms with E-state index < -0.39 is 41.0 Å². The number of carbonyl (C=O) groups excluding carboxylic acids is 1. The Bertz CT molecular complexity index is 1920. The molecular weight excluding hydrogens is 573 g/mol. The van der Waals surface area contributed by atoms with Crippen LogP contribution in [0.15, 0.2) is 89.7 Å². The van der Waals surface area contributed by atoms with Crippen LogP contribution in [-0.2, 0) is 12.8 Å². The first-order valence-electron chi connectivity index (χ1n) is 12.7. The summed E-state index contributed by atoms with van der Waals surface area (Å²) in [6, 6.07) is 21.8. The fraction of sp³-hybridized carbons (Fsp3) is 0.0645. The van der Waals surface area contributed by atoms with Crippen molar-refractivity contribution in [2.24, 2.45) is 0 Å². The fourth-order valence-corrected chi connectivity index (χ4v) is 4.45. The monoisotopic (exact) mass is 591 g/mol. The van der Waals surface area contributed by atoms with E-state index in [4.69, 9.17) is 14.1 Å². The van der Waals surface area contributed by atoms with Crippen molar-refractivity contribution >= 4 is 11.8 Å². The summed E-state index contributed by atoms with van der Waals surface area (Å²) in [6.45, 7) is 0. The highest BCUT2D eigenvalue weighted by molar-refractivity contribution is 5.69. The molecule has 0 aliphatic rings. The van der Waals surface area contributed by atoms with Crippen LogP contribution in [-0.4, -0.2) is 20.5 Å². The molecule has 3 heterocycles. The minimum absolute atomic E-state index is 0.00523. The number of halogens is 5. The van der Waals surface area contributed by atoms with E-state index >= 15 is 0 Å². The van der Waals surface area contributed by atoms with Crippen LogP contribution in [0.3, 0.4) is 0 Å². The second kappa shape index (κ2) is 11.4. The number of aromatic nitrogens is 3. The Morgan fingerprint density at radius 2 is 1.37 bits per heavy atom. The maximum Gasteiger partial charge on any atom is 0.520 e. The molecule has 0 radical (unpaired) electrons. The van der Waals surface area contributed by atoms with Crippen LogP contribution < -0.4 is 9.47 Å². The Labute approximate surface area is 239 Å². The van der Waals surface area contributed by atoms with Gasteiger partial charge in [0.2, 0.25) is 40.7 Å². The molecule has 3 aromatic carbocycles. The smallest absolute Gasteiger partial charge is 0.469 e. The predicted molar refractivity (Wildman–Crippen MR) is 142 cm³/mol. The van der Waals surface area contributed by atoms with E-state index in [2.05, 4.69) is 9.72 Å². The number of carbonyl (C=O) groups is 1. The highest BCUT2D eigenvalue weighted by atomic mass is 19.2. The third-order valence-electron chi connectivity index (χ3n) is 6.44. The Morgan fingerprint density at radius 1 is 0.721 bits per heavy atom. The molecule has 0 fully saturated rings. The van der Waals surface area contributed by atoms with E-state index in [0.717, 1.165) is 11.1 Å². The number of ether oxygens (including phenoxy) is 2. The molecule has 0 saturated heterocycles. The lowest BCUT2D eigenvalue weighted by molar-refractivity contribution is 0.143. The van der Waals surface area contributed by atoms with E-state index in [1.165, 1.54) is 10.7 Å². The Morgan fingerprint density at radius 3 is 2.02 bits per heavy atom. The van der Waals surface area contributed by atoms with Gasteiger partial charge in [0.1, 0.15) is 11.5 Å². The molecule has 43 heavy (non-hydrogen) atoms. The van der Waals surface area contributed by atoms with Gasteiger partial charge in [-0.05, 0) is 17.7 Å². The molecule has 12 heteroatoms. The van der Waals surface area contributed by atoms with Crippen molar-refractivity contribution < 1.29 is 40.6 Å². The minimum Gasteiger partial charge on any atom is -0.469 e. The molecule has 0 aliphatic carbocycles. The molecule has 0 aliphatic heterocycles. The van der Waals surface area contributed by atoms with Gasteiger partial charge in [-0.1, -0.05) is 60.7 Å². The topological polar surface area (TPSA) is 78.9 Å². The van der Waals surface area contributed by atoms with Crippen LogP contribution in [0.1, 0.15) is 22.7 Å². The van der Waals surface area contributed by atoms with Crippen LogP contribution in [0.5, 0.6) is 11.6 Å². The van der Waals surface area contributed by atoms with E-state index in [-0.39, 0.29) is 23.6 Å². The molecule has 6 aromatic rings. The molecule has 0 spiro atoms. The largest absolute Gasteiger partial charge is 0.520 e. The van der Waals surface area contributed by atoms with Gasteiger partial charge in [-0.2, -0.15) is 8.78 Å². The van der Waals surface area contributed by atoms with Gasteiger partial charge in [-0.25, -0.2) is 27.9 Å². The van der Waals surface area contributed by atoms with Gasteiger partial charge >= 0.3 is 6.16 Å². The number of nitrogens with zero attached hydrogens (tertiary/aromatic N) is 3. The first kappa shape index (κ1) is 27.6. The maximum atomic E-state index is 14.2. The molecule has 0 atom stereocenters. The first-order chi connectivity index (χ1) is 20.8. The predicted octanol–water partition coefficient (Wildman–Crippen LogP) is 7.44. The Kier molecular flexibility index (Phi) is 7.33. The van der Waals surface area contributed by atoms with E-state index in [9.17, 15) is 26.7 Å². The third kappa shape index (κ3) is 5.42. The van der Waals surface area contributed by atoms with Crippen molar-refractivity contribution in [3.8, 4) is 22.9 Å². The van der Waals surface area contributed by atoms with Gasteiger partial charge in [-0.3, -0.25) is 4.40 Å². The lowest BCUT2D eigenvalue weighted by Crippen LogP contribution is -2.19. The van der Waals surface area contributed by atoms with Crippen molar-refractivity contribution in [2.45, 2.75) is 12.8 Å². The lowest BCUT2D eigenvalue weighted by Gasteiger charge is -2.11. The zero-order chi connectivity index (χ0) is 30.1. The van der Waals surface area contributed by atoms with E-state index in [0.29, 0.717) is 23.6 Å². The number of hydrogen-bond donors (Lipinski definition) is 0. The van der Waals surface area contributed by atoms with Gasteiger partial charge in [-0.15, -0.1) is 0 Å². The number of imidazole rings is 1. The van der Waals surface area contributed by atoms with E-state index in [1.54, 1.807) is 18.3 Å². The van der Waals surface area contributed by atoms with Crippen molar-refractivity contribution in [1.29, 1.82) is 0 Å². The van der Waals surface area contributed by atoms with Crippen molar-refractivity contribution in [2.75, 3.05) is 0 Å². The summed E-state index contributed by atoms with van der Waals surface area (Å²) in [5.41, 5.74) is 3.02. The molecular formula is C31H18F5N3O4.